The Morgan fingerprint density at radius 3 is 2.05 bits per heavy atom. The van der Waals surface area contributed by atoms with Crippen LogP contribution in [0.5, 0.6) is 0 Å². The van der Waals surface area contributed by atoms with Crippen LogP contribution in [0.2, 0.25) is 0 Å². The molecule has 19 heteroatoms. The van der Waals surface area contributed by atoms with Gasteiger partial charge in [0.2, 0.25) is 6.29 Å². The van der Waals surface area contributed by atoms with Gasteiger partial charge in [-0.05, 0) is 0 Å². The Labute approximate surface area is 231 Å². The van der Waals surface area contributed by atoms with Gasteiger partial charge in [-0.3, -0.25) is 4.79 Å². The molecule has 8 unspecified atom stereocenters. The van der Waals surface area contributed by atoms with Crippen LogP contribution >= 0.6 is 0 Å². The summed E-state index contributed by atoms with van der Waals surface area (Å²) in [7, 11) is 0. The number of aliphatic hydroxyl groups is 10. The predicted molar refractivity (Wildman–Crippen MR) is 122 cm³/mol. The van der Waals surface area contributed by atoms with Crippen molar-refractivity contribution >= 4 is 12.8 Å². The lowest BCUT2D eigenvalue weighted by Crippen LogP contribution is -2.63. The lowest BCUT2D eigenvalue weighted by Gasteiger charge is -2.46. The van der Waals surface area contributed by atoms with E-state index in [1.807, 2.05) is 0 Å². The van der Waals surface area contributed by atoms with E-state index in [0.29, 0.717) is 0 Å². The van der Waals surface area contributed by atoms with E-state index in [-0.39, 0.29) is 12.8 Å². The number of hydrogen-bond acceptors (Lipinski definition) is 19. The monoisotopic (exact) mass is 604 g/mol. The van der Waals surface area contributed by atoms with Gasteiger partial charge in [0.25, 0.3) is 6.47 Å². The summed E-state index contributed by atoms with van der Waals surface area (Å²) in [6, 6.07) is 0. The first-order valence-corrected chi connectivity index (χ1v) is 12.5. The molecular formula is C22H36O19. The van der Waals surface area contributed by atoms with Gasteiger partial charge in [-0.2, -0.15) is 0 Å². The third-order valence-corrected chi connectivity index (χ3v) is 6.91. The summed E-state index contributed by atoms with van der Waals surface area (Å²) in [5, 5.41) is 101. The fraction of sp³-hybridized carbons (Fsp3) is 0.909. The van der Waals surface area contributed by atoms with Gasteiger partial charge in [-0.1, -0.05) is 0 Å². The maximum absolute atomic E-state index is 10.8. The van der Waals surface area contributed by atoms with E-state index < -0.39 is 125 Å². The molecule has 10 N–H and O–H groups in total. The highest BCUT2D eigenvalue weighted by Gasteiger charge is 2.51. The summed E-state index contributed by atoms with van der Waals surface area (Å²) < 4.78 is 37.1. The van der Waals surface area contributed by atoms with Crippen LogP contribution in [0.3, 0.4) is 0 Å². The molecule has 0 aliphatic carbocycles. The van der Waals surface area contributed by atoms with Crippen LogP contribution in [0.25, 0.3) is 0 Å². The van der Waals surface area contributed by atoms with Crippen LogP contribution in [0.1, 0.15) is 0 Å². The van der Waals surface area contributed by atoms with Gasteiger partial charge in [0, 0.05) is 0 Å². The largest absolute Gasteiger partial charge is 0.437 e. The van der Waals surface area contributed by atoms with E-state index >= 15 is 0 Å². The highest BCUT2D eigenvalue weighted by Crippen LogP contribution is 2.32. The standard InChI is InChI=1S/C22H36O19/c23-1-7-12(29)16(33)21(41-19(7)37-6-26)40-18-14(31)9(28)4-35-22(18)39-11-5-36-20(17(34)15(11)32)38-10(3-25)13(30)8(27)2-24/h2,6-23,25,27-34H,1,3-5H2/t7-,8?,9+,10?,11+,12-,13?,14?,15+,16?,17?,18?,19?,20-,21-,22-/m0/s1. The van der Waals surface area contributed by atoms with Gasteiger partial charge >= 0.3 is 0 Å². The number of ether oxygens (including phenoxy) is 7. The van der Waals surface area contributed by atoms with Crippen molar-refractivity contribution in [2.75, 3.05) is 26.4 Å². The van der Waals surface area contributed by atoms with Crippen LogP contribution in [-0.2, 0) is 42.7 Å². The predicted octanol–water partition coefficient (Wildman–Crippen LogP) is -7.60. The van der Waals surface area contributed by atoms with Crippen molar-refractivity contribution in [2.24, 2.45) is 5.92 Å². The second kappa shape index (κ2) is 15.3. The zero-order valence-electron chi connectivity index (χ0n) is 21.4. The maximum Gasteiger partial charge on any atom is 0.295 e. The smallest absolute Gasteiger partial charge is 0.295 e. The molecular weight excluding hydrogens is 568 g/mol. The van der Waals surface area contributed by atoms with E-state index in [0.717, 1.165) is 0 Å². The van der Waals surface area contributed by atoms with E-state index in [1.165, 1.54) is 0 Å². The van der Waals surface area contributed by atoms with E-state index in [2.05, 4.69) is 4.74 Å². The zero-order chi connectivity index (χ0) is 30.4. The molecule has 0 amide bonds. The van der Waals surface area contributed by atoms with Gasteiger partial charge < -0.3 is 89.0 Å². The molecule has 0 saturated carbocycles. The van der Waals surface area contributed by atoms with E-state index in [9.17, 15) is 60.7 Å². The zero-order valence-corrected chi connectivity index (χ0v) is 21.4. The second-order valence-corrected chi connectivity index (χ2v) is 9.62. The van der Waals surface area contributed by atoms with Crippen molar-refractivity contribution in [3.8, 4) is 0 Å². The first kappa shape index (κ1) is 34.0. The summed E-state index contributed by atoms with van der Waals surface area (Å²) in [4.78, 5) is 21.5. The Morgan fingerprint density at radius 1 is 0.780 bits per heavy atom. The summed E-state index contributed by atoms with van der Waals surface area (Å²) in [6.45, 7) is -2.67. The van der Waals surface area contributed by atoms with Gasteiger partial charge in [-0.25, -0.2) is 0 Å². The Bertz CT molecular complexity index is 820. The van der Waals surface area contributed by atoms with Crippen LogP contribution < -0.4 is 0 Å². The summed E-state index contributed by atoms with van der Waals surface area (Å²) in [6.07, 6.45) is -25.7. The molecule has 0 bridgehead atoms. The van der Waals surface area contributed by atoms with Crippen LogP contribution in [0.4, 0.5) is 0 Å². The molecule has 0 spiro atoms. The number of aliphatic hydroxyl groups excluding tert-OH is 10. The molecule has 0 radical (unpaired) electrons. The van der Waals surface area contributed by atoms with Crippen molar-refractivity contribution in [1.29, 1.82) is 0 Å². The maximum atomic E-state index is 10.8. The molecule has 19 nitrogen and oxygen atoms in total. The van der Waals surface area contributed by atoms with Crippen LogP contribution in [0, 0.1) is 5.92 Å². The van der Waals surface area contributed by atoms with Gasteiger partial charge in [0.1, 0.15) is 61.0 Å². The molecule has 3 aliphatic heterocycles. The number of rotatable bonds is 13. The third-order valence-electron chi connectivity index (χ3n) is 6.91. The molecule has 0 aromatic rings. The van der Waals surface area contributed by atoms with Crippen molar-refractivity contribution in [2.45, 2.75) is 92.3 Å². The Kier molecular flexibility index (Phi) is 12.7. The minimum Gasteiger partial charge on any atom is -0.437 e. The highest BCUT2D eigenvalue weighted by molar-refractivity contribution is 5.56. The SMILES string of the molecule is O=COC1O[C@H](OC2C(O)[C@H](O)CO[C@H]2O[C@@H]2CO[C@@H](OC(CO)C(O)C(O)C=O)C(O)[C@@H]2O)C(O)[C@@H](O)[C@@H]1CO. The first-order chi connectivity index (χ1) is 19.5. The van der Waals surface area contributed by atoms with Gasteiger partial charge in [0.05, 0.1) is 38.4 Å². The average molecular weight is 605 g/mol. The number of hydrogen-bond donors (Lipinski definition) is 10. The fourth-order valence-electron chi connectivity index (χ4n) is 4.45. The van der Waals surface area contributed by atoms with Crippen LogP contribution in [0.15, 0.2) is 0 Å². The van der Waals surface area contributed by atoms with Gasteiger partial charge in [-0.15, -0.1) is 0 Å². The number of aldehydes is 1. The molecule has 3 saturated heterocycles. The topological polar surface area (TPSA) is 301 Å². The van der Waals surface area contributed by atoms with E-state index in [4.69, 9.17) is 28.4 Å². The highest BCUT2D eigenvalue weighted by atomic mass is 16.8. The van der Waals surface area contributed by atoms with Crippen molar-refractivity contribution in [1.82, 2.24) is 0 Å². The summed E-state index contributed by atoms with van der Waals surface area (Å²) in [5.41, 5.74) is 0. The minimum absolute atomic E-state index is 0.0000752. The molecule has 41 heavy (non-hydrogen) atoms. The van der Waals surface area contributed by atoms with Crippen molar-refractivity contribution in [3.05, 3.63) is 0 Å². The van der Waals surface area contributed by atoms with E-state index in [1.54, 1.807) is 0 Å². The fourth-order valence-corrected chi connectivity index (χ4v) is 4.45. The molecule has 3 fully saturated rings. The molecule has 16 atom stereocenters. The normalized spacial score (nSPS) is 44.0. The molecule has 0 aromatic carbocycles. The summed E-state index contributed by atoms with van der Waals surface area (Å²) >= 11 is 0. The van der Waals surface area contributed by atoms with Crippen LogP contribution in [-0.4, -0.2) is 183 Å². The third kappa shape index (κ3) is 7.72. The Morgan fingerprint density at radius 2 is 1.44 bits per heavy atom. The van der Waals surface area contributed by atoms with Crippen molar-refractivity contribution in [3.63, 3.8) is 0 Å². The first-order valence-electron chi connectivity index (χ1n) is 12.5. The Balaban J connectivity index is 1.69. The van der Waals surface area contributed by atoms with Gasteiger partial charge in [0.15, 0.2) is 25.2 Å². The number of carbonyl (C=O) groups excluding carboxylic acids is 2. The average Bonchev–Trinajstić information content (AvgIpc) is 2.96. The lowest BCUT2D eigenvalue weighted by molar-refractivity contribution is -0.384. The molecule has 238 valence electrons. The Hall–Kier alpha value is -1.50. The minimum atomic E-state index is -1.92. The molecule has 3 aliphatic rings. The second-order valence-electron chi connectivity index (χ2n) is 9.62. The molecule has 3 heterocycles. The summed E-state index contributed by atoms with van der Waals surface area (Å²) in [5.74, 6) is -1.25. The van der Waals surface area contributed by atoms with Crippen molar-refractivity contribution < 1.29 is 93.8 Å². The quantitative estimate of drug-likeness (QED) is 0.0873. The molecule has 3 rings (SSSR count). The number of carbonyl (C=O) groups is 2. The molecule has 0 aromatic heterocycles. The lowest BCUT2D eigenvalue weighted by atomic mass is 9.94.